The molecule has 3 heterocycles. The standard InChI is InChI=1S/C31H30N4O5/c36-23-11-13-34(14-12-23)18-27(37)35-15-10-20-16-22(7-9-26(20)35)32-29(19-4-2-1-3-5-19)28-24-8-6-21(31(39)40)17-25(24)33-30(28)38/h1-9,16-17,23,32,36H,10-15,18H2,(H,33,38)(H,39,40)/b29-28-. The second-order valence-corrected chi connectivity index (χ2v) is 10.4. The molecule has 204 valence electrons. The van der Waals surface area contributed by atoms with E-state index in [9.17, 15) is 24.6 Å². The number of aliphatic hydroxyl groups excluding tert-OH is 1. The Hall–Kier alpha value is -4.47. The molecule has 6 rings (SSSR count). The van der Waals surface area contributed by atoms with E-state index < -0.39 is 5.97 Å². The molecule has 2 amide bonds. The molecule has 0 aliphatic carbocycles. The summed E-state index contributed by atoms with van der Waals surface area (Å²) in [5.74, 6) is -1.31. The largest absolute Gasteiger partial charge is 0.478 e. The first-order chi connectivity index (χ1) is 19.4. The number of carboxylic acids is 1. The molecule has 1 fully saturated rings. The van der Waals surface area contributed by atoms with Crippen LogP contribution in [0.2, 0.25) is 0 Å². The smallest absolute Gasteiger partial charge is 0.335 e. The number of carbonyl (C=O) groups is 3. The number of rotatable bonds is 6. The van der Waals surface area contributed by atoms with E-state index in [0.717, 1.165) is 42.0 Å². The normalized spacial score (nSPS) is 18.2. The van der Waals surface area contributed by atoms with E-state index in [2.05, 4.69) is 15.5 Å². The summed E-state index contributed by atoms with van der Waals surface area (Å²) in [4.78, 5) is 41.7. The highest BCUT2D eigenvalue weighted by molar-refractivity contribution is 6.37. The number of amides is 2. The minimum atomic E-state index is -1.06. The van der Waals surface area contributed by atoms with Crippen molar-refractivity contribution in [3.63, 3.8) is 0 Å². The summed E-state index contributed by atoms with van der Waals surface area (Å²) in [7, 11) is 0. The molecule has 0 radical (unpaired) electrons. The summed E-state index contributed by atoms with van der Waals surface area (Å²) in [5.41, 5.74) is 5.77. The van der Waals surface area contributed by atoms with Gasteiger partial charge in [0.1, 0.15) is 0 Å². The molecule has 0 bridgehead atoms. The summed E-state index contributed by atoms with van der Waals surface area (Å²) in [6.07, 6.45) is 1.85. The quantitative estimate of drug-likeness (QED) is 0.353. The average molecular weight is 539 g/mol. The Bertz CT molecular complexity index is 1530. The van der Waals surface area contributed by atoms with Crippen LogP contribution < -0.4 is 15.5 Å². The minimum Gasteiger partial charge on any atom is -0.478 e. The summed E-state index contributed by atoms with van der Waals surface area (Å²) in [6.45, 7) is 2.40. The van der Waals surface area contributed by atoms with Crippen LogP contribution >= 0.6 is 0 Å². The number of carboxylic acid groups (broad SMARTS) is 1. The van der Waals surface area contributed by atoms with Gasteiger partial charge in [0.05, 0.1) is 35.2 Å². The maximum atomic E-state index is 13.2. The molecule has 3 aliphatic heterocycles. The molecule has 3 aromatic rings. The fourth-order valence-electron chi connectivity index (χ4n) is 5.67. The zero-order valence-electron chi connectivity index (χ0n) is 21.9. The van der Waals surface area contributed by atoms with Crippen LogP contribution in [-0.2, 0) is 16.0 Å². The van der Waals surface area contributed by atoms with Gasteiger partial charge < -0.3 is 25.7 Å². The van der Waals surface area contributed by atoms with Crippen molar-refractivity contribution >= 4 is 46.1 Å². The molecule has 40 heavy (non-hydrogen) atoms. The van der Waals surface area contributed by atoms with E-state index in [1.807, 2.05) is 53.4 Å². The zero-order chi connectivity index (χ0) is 27.8. The summed E-state index contributed by atoms with van der Waals surface area (Å²) >= 11 is 0. The Morgan fingerprint density at radius 3 is 2.48 bits per heavy atom. The van der Waals surface area contributed by atoms with Crippen LogP contribution in [0.15, 0.2) is 66.7 Å². The molecule has 1 saturated heterocycles. The predicted molar refractivity (Wildman–Crippen MR) is 153 cm³/mol. The SMILES string of the molecule is O=C1Nc2cc(C(=O)O)ccc2/C1=C(/Nc1ccc2c(c1)CCN2C(=O)CN1CCC(O)CC1)c1ccccc1. The number of piperidine rings is 1. The molecule has 0 aromatic heterocycles. The Kier molecular flexibility index (Phi) is 6.83. The molecule has 9 nitrogen and oxygen atoms in total. The Morgan fingerprint density at radius 1 is 0.950 bits per heavy atom. The second-order valence-electron chi connectivity index (χ2n) is 10.4. The van der Waals surface area contributed by atoms with E-state index in [-0.39, 0.29) is 23.5 Å². The van der Waals surface area contributed by atoms with Gasteiger partial charge in [-0.2, -0.15) is 0 Å². The molecule has 0 atom stereocenters. The van der Waals surface area contributed by atoms with Gasteiger partial charge in [-0.25, -0.2) is 4.79 Å². The van der Waals surface area contributed by atoms with E-state index in [4.69, 9.17) is 0 Å². The molecule has 9 heteroatoms. The van der Waals surface area contributed by atoms with Crippen molar-refractivity contribution in [2.45, 2.75) is 25.4 Å². The van der Waals surface area contributed by atoms with Gasteiger partial charge in [0.15, 0.2) is 0 Å². The Morgan fingerprint density at radius 2 is 1.73 bits per heavy atom. The van der Waals surface area contributed by atoms with Gasteiger partial charge in [-0.3, -0.25) is 14.5 Å². The van der Waals surface area contributed by atoms with Gasteiger partial charge in [0, 0.05) is 36.6 Å². The summed E-state index contributed by atoms with van der Waals surface area (Å²) < 4.78 is 0. The van der Waals surface area contributed by atoms with Crippen molar-refractivity contribution in [2.75, 3.05) is 41.7 Å². The third kappa shape index (κ3) is 4.97. The molecule has 0 spiro atoms. The van der Waals surface area contributed by atoms with Crippen LogP contribution in [-0.4, -0.2) is 65.2 Å². The number of nitrogens with one attached hydrogen (secondary N) is 2. The lowest BCUT2D eigenvalue weighted by Gasteiger charge is -2.30. The van der Waals surface area contributed by atoms with Gasteiger partial charge in [-0.15, -0.1) is 0 Å². The molecule has 4 N–H and O–H groups in total. The van der Waals surface area contributed by atoms with Gasteiger partial charge >= 0.3 is 5.97 Å². The van der Waals surface area contributed by atoms with Gasteiger partial charge in [-0.1, -0.05) is 36.4 Å². The van der Waals surface area contributed by atoms with Gasteiger partial charge in [0.25, 0.3) is 5.91 Å². The van der Waals surface area contributed by atoms with Crippen molar-refractivity contribution < 1.29 is 24.6 Å². The third-order valence-corrected chi connectivity index (χ3v) is 7.78. The van der Waals surface area contributed by atoms with Crippen molar-refractivity contribution in [1.82, 2.24) is 4.90 Å². The maximum Gasteiger partial charge on any atom is 0.335 e. The number of nitrogens with zero attached hydrogens (tertiary/aromatic N) is 2. The molecule has 0 saturated carbocycles. The van der Waals surface area contributed by atoms with Gasteiger partial charge in [0.2, 0.25) is 5.91 Å². The lowest BCUT2D eigenvalue weighted by molar-refractivity contribution is -0.120. The fraction of sp³-hybridized carbons (Fsp3) is 0.258. The number of hydrogen-bond donors (Lipinski definition) is 4. The number of anilines is 3. The van der Waals surface area contributed by atoms with Crippen molar-refractivity contribution in [3.05, 3.63) is 89.0 Å². The lowest BCUT2D eigenvalue weighted by atomic mass is 9.99. The number of benzene rings is 3. The fourth-order valence-corrected chi connectivity index (χ4v) is 5.67. The van der Waals surface area contributed by atoms with Crippen LogP contribution in [0.1, 0.15) is 39.9 Å². The number of likely N-dealkylation sites (tertiary alicyclic amines) is 1. The number of aromatic carboxylic acids is 1. The van der Waals surface area contributed by atoms with Crippen molar-refractivity contribution in [1.29, 1.82) is 0 Å². The van der Waals surface area contributed by atoms with E-state index in [1.165, 1.54) is 12.1 Å². The highest BCUT2D eigenvalue weighted by atomic mass is 16.4. The number of carbonyl (C=O) groups excluding carboxylic acids is 2. The lowest BCUT2D eigenvalue weighted by Crippen LogP contribution is -2.43. The topological polar surface area (TPSA) is 122 Å². The van der Waals surface area contributed by atoms with Crippen molar-refractivity contribution in [3.8, 4) is 0 Å². The zero-order valence-corrected chi connectivity index (χ0v) is 21.9. The van der Waals surface area contributed by atoms with Crippen molar-refractivity contribution in [2.24, 2.45) is 0 Å². The highest BCUT2D eigenvalue weighted by Gasteiger charge is 2.30. The molecule has 3 aromatic carbocycles. The summed E-state index contributed by atoms with van der Waals surface area (Å²) in [5, 5.41) is 25.4. The van der Waals surface area contributed by atoms with E-state index in [1.54, 1.807) is 6.07 Å². The second kappa shape index (κ2) is 10.6. The predicted octanol–water partition coefficient (Wildman–Crippen LogP) is 3.66. The first-order valence-corrected chi connectivity index (χ1v) is 13.5. The van der Waals surface area contributed by atoms with Crippen LogP contribution in [0.5, 0.6) is 0 Å². The highest BCUT2D eigenvalue weighted by Crippen LogP contribution is 2.39. The Labute approximate surface area is 231 Å². The number of fused-ring (bicyclic) bond motifs is 2. The van der Waals surface area contributed by atoms with E-state index in [0.29, 0.717) is 48.5 Å². The van der Waals surface area contributed by atoms with Gasteiger partial charge in [-0.05, 0) is 60.7 Å². The van der Waals surface area contributed by atoms with Crippen LogP contribution in [0, 0.1) is 0 Å². The molecule has 3 aliphatic rings. The van der Waals surface area contributed by atoms with Crippen LogP contribution in [0.4, 0.5) is 17.1 Å². The van der Waals surface area contributed by atoms with E-state index >= 15 is 0 Å². The maximum absolute atomic E-state index is 13.2. The molecular formula is C31H30N4O5. The minimum absolute atomic E-state index is 0.0582. The summed E-state index contributed by atoms with van der Waals surface area (Å²) in [6, 6.07) is 20.0. The first kappa shape index (κ1) is 25.8. The monoisotopic (exact) mass is 538 g/mol. The number of hydrogen-bond acceptors (Lipinski definition) is 6. The van der Waals surface area contributed by atoms with Crippen LogP contribution in [0.25, 0.3) is 11.3 Å². The molecular weight excluding hydrogens is 508 g/mol. The number of aliphatic hydroxyl groups is 1. The third-order valence-electron chi connectivity index (χ3n) is 7.78. The first-order valence-electron chi connectivity index (χ1n) is 13.5. The van der Waals surface area contributed by atoms with Crippen LogP contribution in [0.3, 0.4) is 0 Å². The Balaban J connectivity index is 1.29. The molecule has 0 unspecified atom stereocenters. The average Bonchev–Trinajstić information content (AvgIpc) is 3.53.